The van der Waals surface area contributed by atoms with Gasteiger partial charge >= 0.3 is 0 Å². The van der Waals surface area contributed by atoms with E-state index >= 15 is 0 Å². The summed E-state index contributed by atoms with van der Waals surface area (Å²) < 4.78 is 6.18. The summed E-state index contributed by atoms with van der Waals surface area (Å²) in [5, 5.41) is 3.79. The predicted molar refractivity (Wildman–Crippen MR) is 84.9 cm³/mol. The molecule has 2 heterocycles. The van der Waals surface area contributed by atoms with E-state index in [2.05, 4.69) is 44.8 Å². The summed E-state index contributed by atoms with van der Waals surface area (Å²) in [4.78, 5) is 0. The first-order valence-electron chi connectivity index (χ1n) is 7.98. The highest BCUT2D eigenvalue weighted by molar-refractivity contribution is 7.99. The summed E-state index contributed by atoms with van der Waals surface area (Å²) in [6.07, 6.45) is 5.00. The van der Waals surface area contributed by atoms with E-state index in [4.69, 9.17) is 4.74 Å². The van der Waals surface area contributed by atoms with Crippen LogP contribution in [-0.2, 0) is 4.74 Å². The number of ether oxygens (including phenoxy) is 1. The van der Waals surface area contributed by atoms with Crippen molar-refractivity contribution in [1.29, 1.82) is 0 Å². The molecule has 2 saturated heterocycles. The minimum Gasteiger partial charge on any atom is -0.374 e. The molecule has 2 fully saturated rings. The lowest BCUT2D eigenvalue weighted by molar-refractivity contribution is -0.0923. The van der Waals surface area contributed by atoms with Crippen molar-refractivity contribution in [3.8, 4) is 0 Å². The average molecular weight is 285 g/mol. The predicted octanol–water partition coefficient (Wildman–Crippen LogP) is 3.70. The zero-order chi connectivity index (χ0) is 13.9. The molecule has 19 heavy (non-hydrogen) atoms. The Kier molecular flexibility index (Phi) is 5.24. The van der Waals surface area contributed by atoms with E-state index in [1.165, 1.54) is 37.2 Å². The normalized spacial score (nSPS) is 33.8. The molecule has 0 amide bonds. The first-order chi connectivity index (χ1) is 9.03. The molecule has 3 unspecified atom stereocenters. The van der Waals surface area contributed by atoms with E-state index in [0.29, 0.717) is 11.5 Å². The van der Waals surface area contributed by atoms with E-state index in [0.717, 1.165) is 19.1 Å². The molecule has 1 spiro atoms. The monoisotopic (exact) mass is 285 g/mol. The quantitative estimate of drug-likeness (QED) is 0.832. The van der Waals surface area contributed by atoms with Crippen LogP contribution in [0.25, 0.3) is 0 Å². The van der Waals surface area contributed by atoms with Crippen LogP contribution in [0.4, 0.5) is 0 Å². The maximum atomic E-state index is 6.18. The Balaban J connectivity index is 2.08. The largest absolute Gasteiger partial charge is 0.374 e. The van der Waals surface area contributed by atoms with Gasteiger partial charge in [-0.1, -0.05) is 27.7 Å². The van der Waals surface area contributed by atoms with Crippen LogP contribution in [0, 0.1) is 11.3 Å². The summed E-state index contributed by atoms with van der Waals surface area (Å²) in [5.41, 5.74) is 0.593. The second kappa shape index (κ2) is 6.36. The van der Waals surface area contributed by atoms with Gasteiger partial charge in [0.1, 0.15) is 0 Å². The van der Waals surface area contributed by atoms with E-state index < -0.39 is 0 Å². The van der Waals surface area contributed by atoms with Crippen molar-refractivity contribution in [1.82, 2.24) is 5.32 Å². The second-order valence-electron chi connectivity index (χ2n) is 6.96. The Bertz CT molecular complexity index is 286. The highest BCUT2D eigenvalue weighted by Crippen LogP contribution is 2.44. The van der Waals surface area contributed by atoms with E-state index in [9.17, 15) is 0 Å². The fourth-order valence-corrected chi connectivity index (χ4v) is 5.11. The molecule has 0 aromatic heterocycles. The Labute approximate surface area is 123 Å². The van der Waals surface area contributed by atoms with Gasteiger partial charge in [-0.25, -0.2) is 0 Å². The first-order valence-corrected chi connectivity index (χ1v) is 9.13. The molecule has 0 bridgehead atoms. The van der Waals surface area contributed by atoms with Crippen LogP contribution in [0.15, 0.2) is 0 Å². The van der Waals surface area contributed by atoms with Crippen molar-refractivity contribution in [3.05, 3.63) is 0 Å². The van der Waals surface area contributed by atoms with E-state index in [-0.39, 0.29) is 5.60 Å². The van der Waals surface area contributed by atoms with Crippen molar-refractivity contribution in [3.63, 3.8) is 0 Å². The van der Waals surface area contributed by atoms with Crippen molar-refractivity contribution >= 4 is 11.8 Å². The lowest BCUT2D eigenvalue weighted by Crippen LogP contribution is -2.52. The van der Waals surface area contributed by atoms with Crippen molar-refractivity contribution in [2.45, 2.75) is 65.0 Å². The van der Waals surface area contributed by atoms with E-state index in [1.807, 2.05) is 0 Å². The summed E-state index contributed by atoms with van der Waals surface area (Å²) in [6, 6.07) is 0.633. The third kappa shape index (κ3) is 3.48. The topological polar surface area (TPSA) is 21.3 Å². The lowest BCUT2D eigenvalue weighted by atomic mass is 9.70. The smallest absolute Gasteiger partial charge is 0.0783 e. The minimum atomic E-state index is 0.213. The van der Waals surface area contributed by atoms with Crippen LogP contribution in [0.3, 0.4) is 0 Å². The molecule has 0 aliphatic carbocycles. The lowest BCUT2D eigenvalue weighted by Gasteiger charge is -2.46. The molecule has 0 aromatic carbocycles. The fraction of sp³-hybridized carbons (Fsp3) is 1.00. The third-order valence-electron chi connectivity index (χ3n) is 5.25. The number of nitrogens with one attached hydrogen (secondary N) is 1. The van der Waals surface area contributed by atoms with Crippen molar-refractivity contribution in [2.75, 3.05) is 24.7 Å². The highest BCUT2D eigenvalue weighted by Gasteiger charge is 2.44. The average Bonchev–Trinajstić information content (AvgIpc) is 2.83. The highest BCUT2D eigenvalue weighted by atomic mass is 32.2. The van der Waals surface area contributed by atoms with Gasteiger partial charge in [-0.3, -0.25) is 0 Å². The fourth-order valence-electron chi connectivity index (χ4n) is 3.73. The Morgan fingerprint density at radius 1 is 1.42 bits per heavy atom. The van der Waals surface area contributed by atoms with Crippen LogP contribution < -0.4 is 5.32 Å². The molecule has 3 atom stereocenters. The van der Waals surface area contributed by atoms with Gasteiger partial charge in [0.2, 0.25) is 0 Å². The van der Waals surface area contributed by atoms with Crippen molar-refractivity contribution < 1.29 is 4.74 Å². The molecule has 2 nitrogen and oxygen atoms in total. The SMILES string of the molecule is CCNC(C1CCOC2(CCSC2)C1)C(C)(C)CC. The molecule has 1 N–H and O–H groups in total. The molecule has 0 radical (unpaired) electrons. The summed E-state index contributed by atoms with van der Waals surface area (Å²) >= 11 is 2.07. The van der Waals surface area contributed by atoms with E-state index in [1.54, 1.807) is 0 Å². The molecule has 2 aliphatic rings. The molecule has 0 aromatic rings. The van der Waals surface area contributed by atoms with Crippen LogP contribution in [0.2, 0.25) is 0 Å². The van der Waals surface area contributed by atoms with Crippen LogP contribution in [-0.4, -0.2) is 36.3 Å². The number of hydrogen-bond acceptors (Lipinski definition) is 3. The summed E-state index contributed by atoms with van der Waals surface area (Å²) in [7, 11) is 0. The van der Waals surface area contributed by atoms with Gasteiger partial charge in [0.05, 0.1) is 5.60 Å². The second-order valence-corrected chi connectivity index (χ2v) is 8.07. The molecule has 112 valence electrons. The molecular formula is C16H31NOS. The van der Waals surface area contributed by atoms with Gasteiger partial charge in [-0.05, 0) is 49.3 Å². The Hall–Kier alpha value is 0.270. The van der Waals surface area contributed by atoms with Gasteiger partial charge in [0.15, 0.2) is 0 Å². The Morgan fingerprint density at radius 3 is 2.79 bits per heavy atom. The number of thioether (sulfide) groups is 1. The van der Waals surface area contributed by atoms with Gasteiger partial charge in [-0.15, -0.1) is 0 Å². The Morgan fingerprint density at radius 2 is 2.21 bits per heavy atom. The van der Waals surface area contributed by atoms with Gasteiger partial charge in [0, 0.05) is 18.4 Å². The van der Waals surface area contributed by atoms with Gasteiger partial charge < -0.3 is 10.1 Å². The number of rotatable bonds is 5. The first kappa shape index (κ1) is 15.7. The van der Waals surface area contributed by atoms with Crippen LogP contribution in [0.5, 0.6) is 0 Å². The zero-order valence-electron chi connectivity index (χ0n) is 13.1. The summed E-state index contributed by atoms with van der Waals surface area (Å²) in [6.45, 7) is 11.4. The summed E-state index contributed by atoms with van der Waals surface area (Å²) in [5.74, 6) is 3.28. The third-order valence-corrected chi connectivity index (χ3v) is 6.47. The van der Waals surface area contributed by atoms with Crippen molar-refractivity contribution in [2.24, 2.45) is 11.3 Å². The maximum absolute atomic E-state index is 6.18. The zero-order valence-corrected chi connectivity index (χ0v) is 13.9. The minimum absolute atomic E-state index is 0.213. The molecule has 2 rings (SSSR count). The number of hydrogen-bond donors (Lipinski definition) is 1. The molecule has 2 aliphatic heterocycles. The molecular weight excluding hydrogens is 254 g/mol. The molecule has 0 saturated carbocycles. The van der Waals surface area contributed by atoms with Crippen LogP contribution in [0.1, 0.15) is 53.4 Å². The maximum Gasteiger partial charge on any atom is 0.0783 e. The van der Waals surface area contributed by atoms with Gasteiger partial charge in [0.25, 0.3) is 0 Å². The van der Waals surface area contributed by atoms with Crippen LogP contribution >= 0.6 is 11.8 Å². The molecule has 3 heteroatoms. The standard InChI is InChI=1S/C16H31NOS/c1-5-15(3,4)14(17-6-2)13-7-9-18-16(11-13)8-10-19-12-16/h13-14,17H,5-12H2,1-4H3. The van der Waals surface area contributed by atoms with Gasteiger partial charge in [-0.2, -0.15) is 11.8 Å².